The minimum atomic E-state index is -0.734. The number of benzene rings is 2. The van der Waals surface area contributed by atoms with Crippen LogP contribution in [0.4, 0.5) is 0 Å². The van der Waals surface area contributed by atoms with E-state index in [0.717, 1.165) is 54.5 Å². The third-order valence-corrected chi connectivity index (χ3v) is 6.54. The highest BCUT2D eigenvalue weighted by atomic mass is 79.9. The number of ketones is 1. The first kappa shape index (κ1) is 22.2. The fourth-order valence-electron chi connectivity index (χ4n) is 3.96. The van der Waals surface area contributed by atoms with Crippen molar-refractivity contribution in [2.45, 2.75) is 57.5 Å². The van der Waals surface area contributed by atoms with Crippen LogP contribution < -0.4 is 0 Å². The Kier molecular flexibility index (Phi) is 6.98. The Morgan fingerprint density at radius 3 is 2.17 bits per heavy atom. The standard InChI is InChI=1S/C25H32BrNO2/c1-24(2,3)20-8-6-19(7-9-20)23(28)5-4-16-27-17-14-25(29,15-18-27)21-10-12-22(26)13-11-21/h6-13,29H,4-5,14-18H2,1-3H3. The van der Waals surface area contributed by atoms with E-state index < -0.39 is 5.60 Å². The van der Waals surface area contributed by atoms with Crippen LogP contribution in [0, 0.1) is 0 Å². The second-order valence-electron chi connectivity index (χ2n) is 9.23. The van der Waals surface area contributed by atoms with Gasteiger partial charge in [-0.2, -0.15) is 0 Å². The maximum Gasteiger partial charge on any atom is 0.162 e. The molecule has 4 heteroatoms. The van der Waals surface area contributed by atoms with Crippen LogP contribution in [-0.4, -0.2) is 35.4 Å². The van der Waals surface area contributed by atoms with Gasteiger partial charge in [-0.05, 0) is 54.5 Å². The molecule has 3 rings (SSSR count). The number of hydrogen-bond donors (Lipinski definition) is 1. The van der Waals surface area contributed by atoms with E-state index in [-0.39, 0.29) is 11.2 Å². The van der Waals surface area contributed by atoms with Crippen molar-refractivity contribution in [1.82, 2.24) is 4.90 Å². The van der Waals surface area contributed by atoms with Crippen LogP contribution >= 0.6 is 15.9 Å². The molecular formula is C25H32BrNO2. The number of Topliss-reactive ketones (excluding diaryl/α,β-unsaturated/α-hetero) is 1. The molecule has 1 fully saturated rings. The Morgan fingerprint density at radius 2 is 1.62 bits per heavy atom. The number of hydrogen-bond acceptors (Lipinski definition) is 3. The average molecular weight is 458 g/mol. The summed E-state index contributed by atoms with van der Waals surface area (Å²) in [7, 11) is 0. The molecule has 1 heterocycles. The van der Waals surface area contributed by atoms with Crippen molar-refractivity contribution in [3.05, 3.63) is 69.7 Å². The minimum absolute atomic E-state index is 0.105. The van der Waals surface area contributed by atoms with Crippen LogP contribution in [0.2, 0.25) is 0 Å². The van der Waals surface area contributed by atoms with Gasteiger partial charge in [0.2, 0.25) is 0 Å². The zero-order valence-corrected chi connectivity index (χ0v) is 19.3. The lowest BCUT2D eigenvalue weighted by Gasteiger charge is -2.38. The molecule has 0 aromatic heterocycles. The number of carbonyl (C=O) groups is 1. The number of carbonyl (C=O) groups excluding carboxylic acids is 1. The molecule has 0 bridgehead atoms. The third-order valence-electron chi connectivity index (χ3n) is 6.02. The molecule has 0 amide bonds. The number of piperidine rings is 1. The number of halogens is 1. The molecule has 0 unspecified atom stereocenters. The lowest BCUT2D eigenvalue weighted by molar-refractivity contribution is -0.0260. The van der Waals surface area contributed by atoms with E-state index in [2.05, 4.69) is 53.7 Å². The van der Waals surface area contributed by atoms with Crippen molar-refractivity contribution in [2.75, 3.05) is 19.6 Å². The molecule has 2 aromatic carbocycles. The van der Waals surface area contributed by atoms with Crippen molar-refractivity contribution in [3.63, 3.8) is 0 Å². The van der Waals surface area contributed by atoms with Crippen molar-refractivity contribution in [3.8, 4) is 0 Å². The largest absolute Gasteiger partial charge is 0.385 e. The van der Waals surface area contributed by atoms with E-state index >= 15 is 0 Å². The molecular weight excluding hydrogens is 426 g/mol. The number of rotatable bonds is 6. The summed E-state index contributed by atoms with van der Waals surface area (Å²) in [6.07, 6.45) is 2.90. The van der Waals surface area contributed by atoms with Crippen molar-refractivity contribution >= 4 is 21.7 Å². The first-order chi connectivity index (χ1) is 13.7. The van der Waals surface area contributed by atoms with Gasteiger partial charge in [0, 0.05) is 29.5 Å². The van der Waals surface area contributed by atoms with Crippen molar-refractivity contribution in [1.29, 1.82) is 0 Å². The van der Waals surface area contributed by atoms with Crippen LogP contribution in [0.3, 0.4) is 0 Å². The van der Waals surface area contributed by atoms with Gasteiger partial charge < -0.3 is 10.0 Å². The van der Waals surface area contributed by atoms with Gasteiger partial charge in [0.15, 0.2) is 5.78 Å². The summed E-state index contributed by atoms with van der Waals surface area (Å²) in [5, 5.41) is 11.0. The molecule has 3 nitrogen and oxygen atoms in total. The molecule has 1 aliphatic rings. The fraction of sp³-hybridized carbons (Fsp3) is 0.480. The van der Waals surface area contributed by atoms with E-state index in [9.17, 15) is 9.90 Å². The zero-order valence-electron chi connectivity index (χ0n) is 17.7. The predicted octanol–water partition coefficient (Wildman–Crippen LogP) is 5.69. The Bertz CT molecular complexity index is 813. The van der Waals surface area contributed by atoms with Crippen LogP contribution in [0.15, 0.2) is 53.0 Å². The van der Waals surface area contributed by atoms with Crippen LogP contribution in [0.25, 0.3) is 0 Å². The van der Waals surface area contributed by atoms with Gasteiger partial charge in [-0.3, -0.25) is 4.79 Å². The number of nitrogens with zero attached hydrogens (tertiary/aromatic N) is 1. The highest BCUT2D eigenvalue weighted by molar-refractivity contribution is 9.10. The summed E-state index contributed by atoms with van der Waals surface area (Å²) < 4.78 is 1.03. The molecule has 1 saturated heterocycles. The maximum atomic E-state index is 12.5. The van der Waals surface area contributed by atoms with Gasteiger partial charge in [0.05, 0.1) is 5.60 Å². The maximum absolute atomic E-state index is 12.5. The zero-order chi connectivity index (χ0) is 21.1. The van der Waals surface area contributed by atoms with Gasteiger partial charge in [0.25, 0.3) is 0 Å². The second-order valence-corrected chi connectivity index (χ2v) is 10.1. The monoisotopic (exact) mass is 457 g/mol. The Balaban J connectivity index is 1.45. The summed E-state index contributed by atoms with van der Waals surface area (Å²) in [5.74, 6) is 0.217. The number of likely N-dealkylation sites (tertiary alicyclic amines) is 1. The van der Waals surface area contributed by atoms with Gasteiger partial charge >= 0.3 is 0 Å². The quantitative estimate of drug-likeness (QED) is 0.565. The lowest BCUT2D eigenvalue weighted by atomic mass is 9.84. The summed E-state index contributed by atoms with van der Waals surface area (Å²) in [6.45, 7) is 9.17. The van der Waals surface area contributed by atoms with Crippen molar-refractivity contribution < 1.29 is 9.90 Å². The summed E-state index contributed by atoms with van der Waals surface area (Å²) >= 11 is 3.45. The fourth-order valence-corrected chi connectivity index (χ4v) is 4.22. The lowest BCUT2D eigenvalue weighted by Crippen LogP contribution is -2.42. The SMILES string of the molecule is CC(C)(C)c1ccc(C(=O)CCCN2CCC(O)(c3ccc(Br)cc3)CC2)cc1. The van der Waals surface area contributed by atoms with Gasteiger partial charge in [-0.1, -0.05) is 73.1 Å². The Hall–Kier alpha value is -1.49. The van der Waals surface area contributed by atoms with Gasteiger partial charge in [-0.25, -0.2) is 0 Å². The van der Waals surface area contributed by atoms with Crippen molar-refractivity contribution in [2.24, 2.45) is 0 Å². The molecule has 0 aliphatic carbocycles. The topological polar surface area (TPSA) is 40.5 Å². The molecule has 1 N–H and O–H groups in total. The summed E-state index contributed by atoms with van der Waals surface area (Å²) in [4.78, 5) is 14.9. The highest BCUT2D eigenvalue weighted by Gasteiger charge is 2.33. The van der Waals surface area contributed by atoms with E-state index in [1.165, 1.54) is 5.56 Å². The molecule has 0 radical (unpaired) electrons. The summed E-state index contributed by atoms with van der Waals surface area (Å²) in [5.41, 5.74) is 2.42. The smallest absolute Gasteiger partial charge is 0.162 e. The predicted molar refractivity (Wildman–Crippen MR) is 122 cm³/mol. The number of aliphatic hydroxyl groups is 1. The molecule has 0 atom stereocenters. The normalized spacial score (nSPS) is 17.3. The molecule has 0 saturated carbocycles. The Morgan fingerprint density at radius 1 is 1.03 bits per heavy atom. The first-order valence-electron chi connectivity index (χ1n) is 10.5. The molecule has 0 spiro atoms. The first-order valence-corrected chi connectivity index (χ1v) is 11.3. The van der Waals surface area contributed by atoms with E-state index in [0.29, 0.717) is 6.42 Å². The third kappa shape index (κ3) is 5.78. The molecule has 29 heavy (non-hydrogen) atoms. The molecule has 2 aromatic rings. The van der Waals surface area contributed by atoms with E-state index in [1.54, 1.807) is 0 Å². The Labute approximate surface area is 183 Å². The van der Waals surface area contributed by atoms with E-state index in [4.69, 9.17) is 0 Å². The van der Waals surface area contributed by atoms with Crippen LogP contribution in [-0.2, 0) is 11.0 Å². The highest BCUT2D eigenvalue weighted by Crippen LogP contribution is 2.33. The average Bonchev–Trinajstić information content (AvgIpc) is 2.69. The molecule has 156 valence electrons. The van der Waals surface area contributed by atoms with Crippen LogP contribution in [0.1, 0.15) is 67.9 Å². The molecule has 1 aliphatic heterocycles. The second kappa shape index (κ2) is 9.11. The van der Waals surface area contributed by atoms with Gasteiger partial charge in [0.1, 0.15) is 0 Å². The van der Waals surface area contributed by atoms with E-state index in [1.807, 2.05) is 36.4 Å². The minimum Gasteiger partial charge on any atom is -0.385 e. The summed E-state index contributed by atoms with van der Waals surface area (Å²) in [6, 6.07) is 16.0. The van der Waals surface area contributed by atoms with Gasteiger partial charge in [-0.15, -0.1) is 0 Å². The van der Waals surface area contributed by atoms with Crippen LogP contribution in [0.5, 0.6) is 0 Å².